The number of hydrogen-bond donors (Lipinski definition) is 2. The summed E-state index contributed by atoms with van der Waals surface area (Å²) in [7, 11) is 0. The molecule has 1 fully saturated rings. The summed E-state index contributed by atoms with van der Waals surface area (Å²) in [6, 6.07) is 11.8. The SMILES string of the molecule is NC(=S)c1cccc(-c2cn(C3CCC(F)(F)CC3)c3c2ccc2nc(N)sc23)c1. The summed E-state index contributed by atoms with van der Waals surface area (Å²) in [6.07, 6.45) is 2.77. The summed E-state index contributed by atoms with van der Waals surface area (Å²) in [5, 5.41) is 1.54. The van der Waals surface area contributed by atoms with E-state index in [2.05, 4.69) is 15.7 Å². The van der Waals surface area contributed by atoms with Gasteiger partial charge >= 0.3 is 0 Å². The zero-order chi connectivity index (χ0) is 21.0. The van der Waals surface area contributed by atoms with Crippen LogP contribution in [0, 0.1) is 0 Å². The third kappa shape index (κ3) is 3.24. The molecule has 0 atom stereocenters. The number of thiazole rings is 1. The minimum Gasteiger partial charge on any atom is -0.389 e. The molecule has 0 amide bonds. The molecule has 2 heterocycles. The van der Waals surface area contributed by atoms with Gasteiger partial charge < -0.3 is 16.0 Å². The summed E-state index contributed by atoms with van der Waals surface area (Å²) in [5.41, 5.74) is 16.5. The zero-order valence-electron chi connectivity index (χ0n) is 16.1. The van der Waals surface area contributed by atoms with Gasteiger partial charge in [0.2, 0.25) is 5.92 Å². The van der Waals surface area contributed by atoms with Gasteiger partial charge in [-0.25, -0.2) is 13.8 Å². The Labute approximate surface area is 181 Å². The summed E-state index contributed by atoms with van der Waals surface area (Å²) in [4.78, 5) is 4.76. The number of anilines is 1. The van der Waals surface area contributed by atoms with Crippen molar-refractivity contribution in [1.29, 1.82) is 0 Å². The van der Waals surface area contributed by atoms with Crippen LogP contribution in [0.3, 0.4) is 0 Å². The number of fused-ring (bicyclic) bond motifs is 3. The van der Waals surface area contributed by atoms with Crippen molar-refractivity contribution in [3.05, 3.63) is 48.2 Å². The second-order valence-corrected chi connectivity index (χ2v) is 9.31. The van der Waals surface area contributed by atoms with E-state index < -0.39 is 5.92 Å². The second-order valence-electron chi connectivity index (χ2n) is 7.84. The molecule has 1 saturated carbocycles. The molecule has 2 aromatic heterocycles. The van der Waals surface area contributed by atoms with Crippen molar-refractivity contribution in [2.45, 2.75) is 37.6 Å². The van der Waals surface area contributed by atoms with Crippen LogP contribution in [0.15, 0.2) is 42.6 Å². The van der Waals surface area contributed by atoms with E-state index in [1.807, 2.05) is 36.4 Å². The smallest absolute Gasteiger partial charge is 0.248 e. The molecule has 4 aromatic rings. The molecule has 154 valence electrons. The standard InChI is InChI=1S/C22H20F2N4S2/c23-22(24)8-6-14(7-9-22)28-11-16(12-2-1-3-13(10-12)20(25)29)15-4-5-17-19(18(15)28)30-21(26)27-17/h1-5,10-11,14H,6-9H2,(H2,25,29)(H2,26,27). The highest BCUT2D eigenvalue weighted by Gasteiger charge is 2.36. The Kier molecular flexibility index (Phi) is 4.52. The Morgan fingerprint density at radius 1 is 1.20 bits per heavy atom. The number of nitrogen functional groups attached to an aromatic ring is 1. The highest BCUT2D eigenvalue weighted by atomic mass is 32.1. The molecule has 1 aliphatic carbocycles. The lowest BCUT2D eigenvalue weighted by Crippen LogP contribution is -2.26. The summed E-state index contributed by atoms with van der Waals surface area (Å²) in [6.45, 7) is 0. The lowest BCUT2D eigenvalue weighted by Gasteiger charge is -2.29. The fourth-order valence-electron chi connectivity index (χ4n) is 4.40. The van der Waals surface area contributed by atoms with Gasteiger partial charge in [0.25, 0.3) is 0 Å². The number of rotatable bonds is 3. The van der Waals surface area contributed by atoms with Gasteiger partial charge in [0, 0.05) is 41.6 Å². The van der Waals surface area contributed by atoms with Crippen LogP contribution in [0.25, 0.3) is 32.2 Å². The molecule has 8 heteroatoms. The Balaban J connectivity index is 1.74. The van der Waals surface area contributed by atoms with Crippen molar-refractivity contribution in [3.8, 4) is 11.1 Å². The van der Waals surface area contributed by atoms with Gasteiger partial charge in [-0.3, -0.25) is 0 Å². The molecule has 30 heavy (non-hydrogen) atoms. The van der Waals surface area contributed by atoms with Crippen LogP contribution < -0.4 is 11.5 Å². The molecule has 0 aliphatic heterocycles. The molecular weight excluding hydrogens is 422 g/mol. The largest absolute Gasteiger partial charge is 0.389 e. The van der Waals surface area contributed by atoms with Gasteiger partial charge in [-0.1, -0.05) is 41.8 Å². The number of halogens is 2. The van der Waals surface area contributed by atoms with Crippen molar-refractivity contribution in [2.75, 3.05) is 5.73 Å². The van der Waals surface area contributed by atoms with E-state index in [-0.39, 0.29) is 18.9 Å². The van der Waals surface area contributed by atoms with E-state index in [0.29, 0.717) is 23.0 Å². The third-order valence-corrected chi connectivity index (χ3v) is 7.05. The number of thiocarbonyl (C=S) groups is 1. The number of aromatic nitrogens is 2. The van der Waals surface area contributed by atoms with Crippen LogP contribution in [0.1, 0.15) is 37.3 Å². The average molecular weight is 443 g/mol. The van der Waals surface area contributed by atoms with E-state index in [9.17, 15) is 8.78 Å². The van der Waals surface area contributed by atoms with Gasteiger partial charge in [0.05, 0.1) is 15.7 Å². The number of nitrogens with zero attached hydrogens (tertiary/aromatic N) is 2. The first kappa shape index (κ1) is 19.4. The van der Waals surface area contributed by atoms with Crippen molar-refractivity contribution < 1.29 is 8.78 Å². The minimum atomic E-state index is -2.57. The molecule has 2 aromatic carbocycles. The van der Waals surface area contributed by atoms with Crippen LogP contribution in [0.2, 0.25) is 0 Å². The Morgan fingerprint density at radius 3 is 2.70 bits per heavy atom. The molecule has 1 aliphatic rings. The van der Waals surface area contributed by atoms with Crippen LogP contribution in [-0.2, 0) is 0 Å². The third-order valence-electron chi connectivity index (χ3n) is 5.90. The first-order valence-corrected chi connectivity index (χ1v) is 11.0. The lowest BCUT2D eigenvalue weighted by molar-refractivity contribution is -0.0435. The monoisotopic (exact) mass is 442 g/mol. The maximum atomic E-state index is 13.8. The van der Waals surface area contributed by atoms with Crippen molar-refractivity contribution >= 4 is 54.8 Å². The molecule has 0 spiro atoms. The van der Waals surface area contributed by atoms with Crippen molar-refractivity contribution in [1.82, 2.24) is 9.55 Å². The molecule has 4 N–H and O–H groups in total. The Bertz CT molecular complexity index is 1280. The van der Waals surface area contributed by atoms with Crippen LogP contribution in [0.4, 0.5) is 13.9 Å². The molecule has 4 nitrogen and oxygen atoms in total. The lowest BCUT2D eigenvalue weighted by atomic mass is 9.92. The maximum absolute atomic E-state index is 13.8. The van der Waals surface area contributed by atoms with Crippen molar-refractivity contribution in [2.24, 2.45) is 5.73 Å². The van der Waals surface area contributed by atoms with Gasteiger partial charge in [0.1, 0.15) is 4.99 Å². The maximum Gasteiger partial charge on any atom is 0.248 e. The van der Waals surface area contributed by atoms with E-state index in [0.717, 1.165) is 37.8 Å². The first-order chi connectivity index (χ1) is 14.3. The van der Waals surface area contributed by atoms with Crippen LogP contribution >= 0.6 is 23.6 Å². The molecule has 0 saturated heterocycles. The van der Waals surface area contributed by atoms with Crippen LogP contribution in [-0.4, -0.2) is 20.5 Å². The van der Waals surface area contributed by atoms with Gasteiger partial charge in [-0.15, -0.1) is 0 Å². The quantitative estimate of drug-likeness (QED) is 0.389. The number of alkyl halides is 2. The van der Waals surface area contributed by atoms with E-state index in [1.54, 1.807) is 0 Å². The van der Waals surface area contributed by atoms with Crippen LogP contribution in [0.5, 0.6) is 0 Å². The zero-order valence-corrected chi connectivity index (χ0v) is 17.7. The molecule has 0 bridgehead atoms. The average Bonchev–Trinajstić information content (AvgIpc) is 3.28. The normalized spacial score (nSPS) is 17.0. The van der Waals surface area contributed by atoms with E-state index in [4.69, 9.17) is 23.7 Å². The molecule has 5 rings (SSSR count). The number of nitrogens with two attached hydrogens (primary N) is 2. The molecule has 0 radical (unpaired) electrons. The highest BCUT2D eigenvalue weighted by molar-refractivity contribution is 7.80. The summed E-state index contributed by atoms with van der Waals surface area (Å²) >= 11 is 6.58. The number of hydrogen-bond acceptors (Lipinski definition) is 4. The van der Waals surface area contributed by atoms with Gasteiger partial charge in [-0.2, -0.15) is 0 Å². The first-order valence-electron chi connectivity index (χ1n) is 9.80. The predicted molar refractivity (Wildman–Crippen MR) is 123 cm³/mol. The molecular formula is C22H20F2N4S2. The highest BCUT2D eigenvalue weighted by Crippen LogP contribution is 2.44. The summed E-state index contributed by atoms with van der Waals surface area (Å²) in [5.74, 6) is -2.57. The van der Waals surface area contributed by atoms with Crippen molar-refractivity contribution in [3.63, 3.8) is 0 Å². The molecule has 0 unspecified atom stereocenters. The van der Waals surface area contributed by atoms with E-state index >= 15 is 0 Å². The number of benzene rings is 2. The Morgan fingerprint density at radius 2 is 1.97 bits per heavy atom. The van der Waals surface area contributed by atoms with Gasteiger partial charge in [-0.05, 0) is 36.6 Å². The topological polar surface area (TPSA) is 69.9 Å². The summed E-state index contributed by atoms with van der Waals surface area (Å²) < 4.78 is 30.7. The fraction of sp³-hybridized carbons (Fsp3) is 0.273. The Hall–Kier alpha value is -2.58. The second kappa shape index (κ2) is 6.99. The minimum absolute atomic E-state index is 0.00793. The fourth-order valence-corrected chi connectivity index (χ4v) is 5.41. The van der Waals surface area contributed by atoms with E-state index in [1.165, 1.54) is 11.3 Å². The van der Waals surface area contributed by atoms with Gasteiger partial charge in [0.15, 0.2) is 5.13 Å². The predicted octanol–water partition coefficient (Wildman–Crippen LogP) is 5.88.